The molecule has 3 rings (SSSR count). The zero-order valence-corrected chi connectivity index (χ0v) is 21.5. The lowest BCUT2D eigenvalue weighted by molar-refractivity contribution is -0.139. The number of esters is 1. The minimum atomic E-state index is -0.868. The van der Waals surface area contributed by atoms with Crippen LogP contribution in [0.15, 0.2) is 46.4 Å². The molecular formula is C26H26N4O5S. The number of aromatic nitrogens is 1. The van der Waals surface area contributed by atoms with E-state index in [0.29, 0.717) is 28.3 Å². The average Bonchev–Trinajstić information content (AvgIpc) is 2.86. The third kappa shape index (κ3) is 5.24. The minimum absolute atomic E-state index is 0.0665. The van der Waals surface area contributed by atoms with Crippen LogP contribution in [0.5, 0.6) is 11.5 Å². The Kier molecular flexibility index (Phi) is 8.46. The number of carbonyl (C=O) groups excluding carboxylic acids is 1. The lowest BCUT2D eigenvalue weighted by Crippen LogP contribution is -2.25. The first kappa shape index (κ1) is 26.5. The van der Waals surface area contributed by atoms with Gasteiger partial charge in [-0.3, -0.25) is 4.98 Å². The van der Waals surface area contributed by atoms with Gasteiger partial charge in [0.05, 0.1) is 43.6 Å². The molecule has 1 aliphatic heterocycles. The fourth-order valence-electron chi connectivity index (χ4n) is 3.92. The van der Waals surface area contributed by atoms with E-state index in [1.54, 1.807) is 25.1 Å². The topological polar surface area (TPSA) is 140 Å². The van der Waals surface area contributed by atoms with Crippen molar-refractivity contribution in [2.24, 2.45) is 5.73 Å². The van der Waals surface area contributed by atoms with Crippen molar-refractivity contribution in [1.29, 1.82) is 10.5 Å². The number of ether oxygens (including phenoxy) is 4. The van der Waals surface area contributed by atoms with Crippen LogP contribution in [0, 0.1) is 36.5 Å². The molecule has 0 aliphatic carbocycles. The van der Waals surface area contributed by atoms with Crippen molar-refractivity contribution in [1.82, 2.24) is 4.98 Å². The van der Waals surface area contributed by atoms with Gasteiger partial charge in [0.2, 0.25) is 5.88 Å². The number of carbonyl (C=O) groups is 1. The molecule has 36 heavy (non-hydrogen) atoms. The van der Waals surface area contributed by atoms with Crippen LogP contribution in [0.4, 0.5) is 0 Å². The monoisotopic (exact) mass is 506 g/mol. The summed E-state index contributed by atoms with van der Waals surface area (Å²) in [6.07, 6.45) is 0. The van der Waals surface area contributed by atoms with Gasteiger partial charge in [0.25, 0.3) is 0 Å². The first-order chi connectivity index (χ1) is 17.3. The summed E-state index contributed by atoms with van der Waals surface area (Å²) in [5.41, 5.74) is 9.50. The summed E-state index contributed by atoms with van der Waals surface area (Å²) in [5, 5.41) is 19.7. The predicted molar refractivity (Wildman–Crippen MR) is 134 cm³/mol. The van der Waals surface area contributed by atoms with Gasteiger partial charge in [-0.2, -0.15) is 10.5 Å². The first-order valence-electron chi connectivity index (χ1n) is 11.0. The Labute approximate surface area is 214 Å². The van der Waals surface area contributed by atoms with E-state index < -0.39 is 11.9 Å². The van der Waals surface area contributed by atoms with Gasteiger partial charge in [-0.25, -0.2) is 4.79 Å². The Morgan fingerprint density at radius 2 is 1.89 bits per heavy atom. The Morgan fingerprint density at radius 1 is 1.17 bits per heavy atom. The van der Waals surface area contributed by atoms with Gasteiger partial charge in [0.15, 0.2) is 16.6 Å². The lowest BCUT2D eigenvalue weighted by atomic mass is 9.84. The van der Waals surface area contributed by atoms with Crippen LogP contribution in [0.2, 0.25) is 0 Å². The fraction of sp³-hybridized carbons (Fsp3) is 0.308. The van der Waals surface area contributed by atoms with Crippen LogP contribution in [0.25, 0.3) is 0 Å². The first-order valence-corrected chi connectivity index (χ1v) is 12.0. The van der Waals surface area contributed by atoms with E-state index in [4.69, 9.17) is 24.7 Å². The van der Waals surface area contributed by atoms with Crippen LogP contribution in [0.1, 0.15) is 40.9 Å². The second-order valence-electron chi connectivity index (χ2n) is 7.76. The van der Waals surface area contributed by atoms with Crippen molar-refractivity contribution in [2.75, 3.05) is 20.8 Å². The summed E-state index contributed by atoms with van der Waals surface area (Å²) in [4.78, 5) is 17.7. The van der Waals surface area contributed by atoms with E-state index in [2.05, 4.69) is 17.1 Å². The number of allylic oxidation sites excluding steroid dienone is 1. The second-order valence-corrected chi connectivity index (χ2v) is 8.71. The summed E-state index contributed by atoms with van der Waals surface area (Å²) < 4.78 is 21.9. The third-order valence-corrected chi connectivity index (χ3v) is 6.48. The number of methoxy groups -OCH3 is 2. The molecule has 1 atom stereocenters. The second kappa shape index (κ2) is 11.5. The van der Waals surface area contributed by atoms with Crippen molar-refractivity contribution in [3.05, 3.63) is 74.5 Å². The van der Waals surface area contributed by atoms with Gasteiger partial charge >= 0.3 is 5.97 Å². The standard InChI is InChI=1S/C26H26N4O5S/c1-6-34-25(31)23-22(16-7-8-20(32-4)21(10-16)33-5)18(12-28)24(29)35-26(23)36-13-19-17(11-27)14(2)9-15(3)30-19/h7-10,22H,6,13,29H2,1-5H3. The highest BCUT2D eigenvalue weighted by Gasteiger charge is 2.38. The van der Waals surface area contributed by atoms with Crippen LogP contribution >= 0.6 is 11.8 Å². The molecule has 2 heterocycles. The molecule has 0 saturated heterocycles. The Morgan fingerprint density at radius 3 is 2.50 bits per heavy atom. The highest BCUT2D eigenvalue weighted by atomic mass is 32.2. The van der Waals surface area contributed by atoms with Crippen LogP contribution in [-0.2, 0) is 20.0 Å². The molecule has 9 nitrogen and oxygen atoms in total. The number of nitriles is 2. The Bertz CT molecular complexity index is 1340. The molecule has 10 heteroatoms. The van der Waals surface area contributed by atoms with Gasteiger partial charge in [0, 0.05) is 11.4 Å². The van der Waals surface area contributed by atoms with E-state index in [-0.39, 0.29) is 34.5 Å². The van der Waals surface area contributed by atoms with E-state index in [1.807, 2.05) is 19.9 Å². The maximum absolute atomic E-state index is 13.2. The van der Waals surface area contributed by atoms with E-state index in [1.165, 1.54) is 14.2 Å². The number of pyridine rings is 1. The van der Waals surface area contributed by atoms with Gasteiger partial charge in [-0.15, -0.1) is 0 Å². The molecule has 1 aromatic heterocycles. The van der Waals surface area contributed by atoms with Gasteiger partial charge in [-0.1, -0.05) is 17.8 Å². The van der Waals surface area contributed by atoms with Crippen molar-refractivity contribution in [2.45, 2.75) is 32.4 Å². The molecule has 0 bridgehead atoms. The van der Waals surface area contributed by atoms with E-state index in [0.717, 1.165) is 23.0 Å². The largest absolute Gasteiger partial charge is 0.493 e. The summed E-state index contributed by atoms with van der Waals surface area (Å²) in [7, 11) is 3.01. The maximum Gasteiger partial charge on any atom is 0.339 e. The number of aryl methyl sites for hydroxylation is 2. The Hall–Kier alpha value is -4.15. The number of thioether (sulfide) groups is 1. The van der Waals surface area contributed by atoms with Crippen LogP contribution in [-0.4, -0.2) is 31.8 Å². The molecule has 0 amide bonds. The quantitative estimate of drug-likeness (QED) is 0.520. The Balaban J connectivity index is 2.16. The molecule has 1 aromatic carbocycles. The highest BCUT2D eigenvalue weighted by molar-refractivity contribution is 8.02. The zero-order valence-electron chi connectivity index (χ0n) is 20.7. The van der Waals surface area contributed by atoms with Crippen molar-refractivity contribution < 1.29 is 23.7 Å². The van der Waals surface area contributed by atoms with E-state index in [9.17, 15) is 15.3 Å². The molecule has 186 valence electrons. The number of rotatable bonds is 8. The lowest BCUT2D eigenvalue weighted by Gasteiger charge is -2.28. The summed E-state index contributed by atoms with van der Waals surface area (Å²) >= 11 is 1.16. The van der Waals surface area contributed by atoms with Gasteiger partial charge in [-0.05, 0) is 50.1 Å². The van der Waals surface area contributed by atoms with E-state index >= 15 is 0 Å². The summed E-state index contributed by atoms with van der Waals surface area (Å²) in [6, 6.07) is 11.2. The van der Waals surface area contributed by atoms with Crippen molar-refractivity contribution >= 4 is 17.7 Å². The molecule has 1 aliphatic rings. The van der Waals surface area contributed by atoms with Crippen LogP contribution in [0.3, 0.4) is 0 Å². The number of benzene rings is 1. The van der Waals surface area contributed by atoms with Crippen molar-refractivity contribution in [3.8, 4) is 23.6 Å². The third-order valence-electron chi connectivity index (χ3n) is 5.49. The number of hydrogen-bond donors (Lipinski definition) is 1. The minimum Gasteiger partial charge on any atom is -0.493 e. The number of hydrogen-bond acceptors (Lipinski definition) is 10. The zero-order chi connectivity index (χ0) is 26.4. The number of nitrogens with two attached hydrogens (primary N) is 1. The summed E-state index contributed by atoms with van der Waals surface area (Å²) in [6.45, 7) is 5.50. The molecule has 2 N–H and O–H groups in total. The predicted octanol–water partition coefficient (Wildman–Crippen LogP) is 4.10. The smallest absolute Gasteiger partial charge is 0.339 e. The average molecular weight is 507 g/mol. The molecule has 1 unspecified atom stereocenters. The highest BCUT2D eigenvalue weighted by Crippen LogP contribution is 2.45. The van der Waals surface area contributed by atoms with Crippen LogP contribution < -0.4 is 15.2 Å². The molecular weight excluding hydrogens is 480 g/mol. The molecule has 0 saturated carbocycles. The molecule has 0 spiro atoms. The maximum atomic E-state index is 13.2. The molecule has 0 fully saturated rings. The van der Waals surface area contributed by atoms with Gasteiger partial charge < -0.3 is 24.7 Å². The van der Waals surface area contributed by atoms with Gasteiger partial charge in [0.1, 0.15) is 17.7 Å². The number of nitrogens with zero attached hydrogens (tertiary/aromatic N) is 3. The fourth-order valence-corrected chi connectivity index (χ4v) is 4.90. The molecule has 2 aromatic rings. The SMILES string of the molecule is CCOC(=O)C1=C(SCc2nc(C)cc(C)c2C#N)OC(N)=C(C#N)C1c1ccc(OC)c(OC)c1. The normalized spacial score (nSPS) is 15.0. The van der Waals surface area contributed by atoms with Crippen molar-refractivity contribution in [3.63, 3.8) is 0 Å². The molecule has 0 radical (unpaired) electrons. The summed E-state index contributed by atoms with van der Waals surface area (Å²) in [5.74, 6) is -0.487.